The molecule has 2 N–H and O–H groups in total. The number of hydrogen-bond donors (Lipinski definition) is 1. The fourth-order valence-corrected chi connectivity index (χ4v) is 3.85. The first-order chi connectivity index (χ1) is 13.1. The van der Waals surface area contributed by atoms with Crippen molar-refractivity contribution in [3.05, 3.63) is 56.6 Å². The summed E-state index contributed by atoms with van der Waals surface area (Å²) in [6, 6.07) is 6.87. The number of nitrogen functional groups attached to an aromatic ring is 1. The highest BCUT2D eigenvalue weighted by Crippen LogP contribution is 2.39. The van der Waals surface area contributed by atoms with Crippen LogP contribution in [0.25, 0.3) is 0 Å². The van der Waals surface area contributed by atoms with E-state index in [0.29, 0.717) is 33.4 Å². The predicted octanol–water partition coefficient (Wildman–Crippen LogP) is 4.05. The van der Waals surface area contributed by atoms with E-state index in [4.69, 9.17) is 19.9 Å². The van der Waals surface area contributed by atoms with Crippen molar-refractivity contribution in [3.8, 4) is 29.1 Å². The first-order valence-corrected chi connectivity index (χ1v) is 9.61. The van der Waals surface area contributed by atoms with E-state index in [2.05, 4.69) is 11.8 Å². The Balaban J connectivity index is 1.97. The van der Waals surface area contributed by atoms with Crippen molar-refractivity contribution in [2.75, 3.05) is 27.1 Å². The Morgan fingerprint density at radius 2 is 1.74 bits per heavy atom. The molecule has 3 aromatic rings. The molecule has 0 saturated heterocycles. The first kappa shape index (κ1) is 18.8. The Hall–Kier alpha value is -2.95. The van der Waals surface area contributed by atoms with Crippen LogP contribution in [0.1, 0.15) is 26.4 Å². The smallest absolute Gasteiger partial charge is 0.203 e. The monoisotopic (exact) mass is 399 g/mol. The fourth-order valence-electron chi connectivity index (χ4n) is 2.48. The average Bonchev–Trinajstić information content (AvgIpc) is 3.33. The number of ether oxygens (including phenoxy) is 3. The third kappa shape index (κ3) is 3.92. The number of ketones is 1. The number of hydrogen-bond acceptors (Lipinski definition) is 7. The molecule has 0 radical (unpaired) electrons. The number of anilines is 1. The molecule has 138 valence electrons. The quantitative estimate of drug-likeness (QED) is 0.518. The first-order valence-electron chi connectivity index (χ1n) is 7.85. The molecule has 3 rings (SSSR count). The van der Waals surface area contributed by atoms with Gasteiger partial charge in [0.05, 0.1) is 36.8 Å². The summed E-state index contributed by atoms with van der Waals surface area (Å²) < 4.78 is 15.9. The summed E-state index contributed by atoms with van der Waals surface area (Å²) in [6.07, 6.45) is 0. The topological polar surface area (TPSA) is 70.8 Å². The normalized spacial score (nSPS) is 10.0. The zero-order chi connectivity index (χ0) is 19.4. The van der Waals surface area contributed by atoms with E-state index >= 15 is 0 Å². The molecule has 0 aliphatic carbocycles. The molecule has 0 saturated carbocycles. The highest BCUT2D eigenvalue weighted by molar-refractivity contribution is 7.16. The molecule has 0 atom stereocenters. The third-order valence-electron chi connectivity index (χ3n) is 3.78. The van der Waals surface area contributed by atoms with Crippen molar-refractivity contribution >= 4 is 33.5 Å². The molecular formula is C20H17NO4S2. The van der Waals surface area contributed by atoms with Gasteiger partial charge in [-0.15, -0.1) is 11.3 Å². The molecule has 0 aliphatic heterocycles. The van der Waals surface area contributed by atoms with Gasteiger partial charge in [-0.2, -0.15) is 11.3 Å². The number of nitrogens with two attached hydrogens (primary N) is 1. The second kappa shape index (κ2) is 8.16. The molecule has 2 aromatic heterocycles. The molecule has 0 spiro atoms. The predicted molar refractivity (Wildman–Crippen MR) is 109 cm³/mol. The molecule has 7 heteroatoms. The Kier molecular flexibility index (Phi) is 5.69. The summed E-state index contributed by atoms with van der Waals surface area (Å²) in [6.45, 7) is 0. The van der Waals surface area contributed by atoms with Crippen molar-refractivity contribution in [3.63, 3.8) is 0 Å². The van der Waals surface area contributed by atoms with Gasteiger partial charge in [0, 0.05) is 16.5 Å². The van der Waals surface area contributed by atoms with E-state index in [0.717, 1.165) is 10.4 Å². The molecule has 27 heavy (non-hydrogen) atoms. The maximum absolute atomic E-state index is 13.0. The Labute approximate surface area is 165 Å². The van der Waals surface area contributed by atoms with Gasteiger partial charge in [0.1, 0.15) is 0 Å². The second-order valence-corrected chi connectivity index (χ2v) is 7.26. The minimum atomic E-state index is -0.230. The van der Waals surface area contributed by atoms with Crippen LogP contribution < -0.4 is 19.9 Å². The van der Waals surface area contributed by atoms with Gasteiger partial charge in [0.2, 0.25) is 5.75 Å². The highest BCUT2D eigenvalue weighted by Gasteiger charge is 2.21. The Bertz CT molecular complexity index is 1000. The SMILES string of the molecule is COc1cc(C(=O)c2cc(C#Cc3ccsc3)sc2N)cc(OC)c1OC. The molecule has 0 fully saturated rings. The highest BCUT2D eigenvalue weighted by atomic mass is 32.1. The Morgan fingerprint density at radius 1 is 1.04 bits per heavy atom. The van der Waals surface area contributed by atoms with Gasteiger partial charge >= 0.3 is 0 Å². The van der Waals surface area contributed by atoms with Gasteiger partial charge in [-0.05, 0) is 29.6 Å². The van der Waals surface area contributed by atoms with Crippen LogP contribution >= 0.6 is 22.7 Å². The van der Waals surface area contributed by atoms with Crippen LogP contribution in [0.3, 0.4) is 0 Å². The van der Waals surface area contributed by atoms with Gasteiger partial charge in [0.25, 0.3) is 0 Å². The van der Waals surface area contributed by atoms with E-state index in [-0.39, 0.29) is 5.78 Å². The third-order valence-corrected chi connectivity index (χ3v) is 5.35. The Morgan fingerprint density at radius 3 is 2.30 bits per heavy atom. The number of rotatable bonds is 5. The number of carbonyl (C=O) groups is 1. The molecule has 1 aromatic carbocycles. The lowest BCUT2D eigenvalue weighted by Crippen LogP contribution is -2.05. The largest absolute Gasteiger partial charge is 0.493 e. The number of carbonyl (C=O) groups excluding carboxylic acids is 1. The van der Waals surface area contributed by atoms with Crippen LogP contribution in [0.4, 0.5) is 5.00 Å². The second-order valence-electron chi connectivity index (χ2n) is 5.39. The van der Waals surface area contributed by atoms with Crippen molar-refractivity contribution in [2.24, 2.45) is 0 Å². The van der Waals surface area contributed by atoms with E-state index < -0.39 is 0 Å². The summed E-state index contributed by atoms with van der Waals surface area (Å²) >= 11 is 2.87. The van der Waals surface area contributed by atoms with Gasteiger partial charge in [-0.3, -0.25) is 4.79 Å². The van der Waals surface area contributed by atoms with E-state index in [1.54, 1.807) is 29.5 Å². The van der Waals surface area contributed by atoms with Crippen molar-refractivity contribution in [2.45, 2.75) is 0 Å². The molecule has 5 nitrogen and oxygen atoms in total. The zero-order valence-corrected chi connectivity index (χ0v) is 16.6. The van der Waals surface area contributed by atoms with Gasteiger partial charge in [0.15, 0.2) is 17.3 Å². The molecular weight excluding hydrogens is 382 g/mol. The summed E-state index contributed by atoms with van der Waals surface area (Å²) in [5, 5.41) is 4.35. The van der Waals surface area contributed by atoms with Gasteiger partial charge in [-0.25, -0.2) is 0 Å². The van der Waals surface area contributed by atoms with Crippen LogP contribution in [0, 0.1) is 11.8 Å². The number of methoxy groups -OCH3 is 3. The lowest BCUT2D eigenvalue weighted by molar-refractivity contribution is 0.103. The zero-order valence-electron chi connectivity index (χ0n) is 15.0. The lowest BCUT2D eigenvalue weighted by atomic mass is 10.0. The number of benzene rings is 1. The summed E-state index contributed by atoms with van der Waals surface area (Å²) in [7, 11) is 4.52. The van der Waals surface area contributed by atoms with Gasteiger partial charge in [-0.1, -0.05) is 11.8 Å². The average molecular weight is 399 g/mol. The van der Waals surface area contributed by atoms with Crippen LogP contribution in [0.2, 0.25) is 0 Å². The molecule has 0 unspecified atom stereocenters. The van der Waals surface area contributed by atoms with Crippen molar-refractivity contribution in [1.82, 2.24) is 0 Å². The molecule has 2 heterocycles. The van der Waals surface area contributed by atoms with Crippen molar-refractivity contribution < 1.29 is 19.0 Å². The van der Waals surface area contributed by atoms with E-state index in [1.165, 1.54) is 32.7 Å². The maximum Gasteiger partial charge on any atom is 0.203 e. The molecule has 0 bridgehead atoms. The van der Waals surface area contributed by atoms with E-state index in [1.807, 2.05) is 16.8 Å². The maximum atomic E-state index is 13.0. The fraction of sp³-hybridized carbons (Fsp3) is 0.150. The van der Waals surface area contributed by atoms with Crippen LogP contribution in [0.15, 0.2) is 35.0 Å². The summed E-state index contributed by atoms with van der Waals surface area (Å²) in [4.78, 5) is 13.7. The minimum Gasteiger partial charge on any atom is -0.493 e. The minimum absolute atomic E-state index is 0.230. The van der Waals surface area contributed by atoms with Crippen LogP contribution in [0.5, 0.6) is 17.2 Å². The summed E-state index contributed by atoms with van der Waals surface area (Å²) in [5.41, 5.74) is 7.81. The van der Waals surface area contributed by atoms with Crippen molar-refractivity contribution in [1.29, 1.82) is 0 Å². The van der Waals surface area contributed by atoms with Crippen LogP contribution in [-0.4, -0.2) is 27.1 Å². The number of thiophene rings is 2. The standard InChI is InChI=1S/C20H17NO4S2/c1-23-16-8-13(9-17(24-2)19(16)25-3)18(22)15-10-14(27-20(15)21)5-4-12-6-7-26-11-12/h6-11H,21H2,1-3H3. The molecule has 0 aliphatic rings. The summed E-state index contributed by atoms with van der Waals surface area (Å²) in [5.74, 6) is 7.13. The van der Waals surface area contributed by atoms with Crippen LogP contribution in [-0.2, 0) is 0 Å². The van der Waals surface area contributed by atoms with Gasteiger partial charge < -0.3 is 19.9 Å². The van der Waals surface area contributed by atoms with E-state index in [9.17, 15) is 4.79 Å². The molecule has 0 amide bonds. The lowest BCUT2D eigenvalue weighted by Gasteiger charge is -2.13.